The van der Waals surface area contributed by atoms with Crippen LogP contribution in [0.5, 0.6) is 5.75 Å². The Morgan fingerprint density at radius 2 is 1.90 bits per heavy atom. The van der Waals surface area contributed by atoms with Gasteiger partial charge in [-0.1, -0.05) is 18.2 Å². The second-order valence-electron chi connectivity index (χ2n) is 5.96. The molecule has 2 atom stereocenters. The van der Waals surface area contributed by atoms with Crippen LogP contribution in [0, 0.1) is 0 Å². The number of para-hydroxylation sites is 1. The maximum Gasteiger partial charge on any atom is 0.125 e. The number of piperazine rings is 1. The van der Waals surface area contributed by atoms with Gasteiger partial charge in [0, 0.05) is 25.2 Å². The molecule has 0 saturated carbocycles. The predicted octanol–water partition coefficient (Wildman–Crippen LogP) is 1.75. The summed E-state index contributed by atoms with van der Waals surface area (Å²) in [5, 5.41) is 10.8. The van der Waals surface area contributed by atoms with Gasteiger partial charge in [0.15, 0.2) is 0 Å². The summed E-state index contributed by atoms with van der Waals surface area (Å²) >= 11 is 0. The van der Waals surface area contributed by atoms with E-state index >= 15 is 0 Å². The van der Waals surface area contributed by atoms with E-state index in [9.17, 15) is 5.11 Å². The molecule has 1 fully saturated rings. The Morgan fingerprint density at radius 1 is 1.20 bits per heavy atom. The molecule has 20 heavy (non-hydrogen) atoms. The summed E-state index contributed by atoms with van der Waals surface area (Å²) < 4.78 is 5.83. The van der Waals surface area contributed by atoms with E-state index < -0.39 is 6.10 Å². The molecule has 112 valence electrons. The molecule has 4 heteroatoms. The van der Waals surface area contributed by atoms with Crippen molar-refractivity contribution in [2.75, 3.05) is 33.7 Å². The van der Waals surface area contributed by atoms with Crippen LogP contribution in [0.15, 0.2) is 24.3 Å². The lowest BCUT2D eigenvalue weighted by molar-refractivity contribution is 0.0121. The van der Waals surface area contributed by atoms with Crippen molar-refractivity contribution in [3.8, 4) is 5.75 Å². The zero-order valence-corrected chi connectivity index (χ0v) is 12.9. The van der Waals surface area contributed by atoms with Gasteiger partial charge in [0.1, 0.15) is 5.75 Å². The monoisotopic (exact) mass is 278 g/mol. The van der Waals surface area contributed by atoms with E-state index in [0.717, 1.165) is 30.9 Å². The second kappa shape index (κ2) is 6.57. The quantitative estimate of drug-likeness (QED) is 0.910. The fourth-order valence-electron chi connectivity index (χ4n) is 2.68. The summed E-state index contributed by atoms with van der Waals surface area (Å²) in [6, 6.07) is 7.91. The van der Waals surface area contributed by atoms with E-state index in [0.29, 0.717) is 0 Å². The van der Waals surface area contributed by atoms with Gasteiger partial charge in [0.2, 0.25) is 0 Å². The number of aliphatic hydroxyl groups excluding tert-OH is 1. The normalized spacial score (nSPS) is 23.0. The lowest BCUT2D eigenvalue weighted by atomic mass is 9.98. The fourth-order valence-corrected chi connectivity index (χ4v) is 2.68. The van der Waals surface area contributed by atoms with Gasteiger partial charge in [0.05, 0.1) is 18.2 Å². The molecule has 2 unspecified atom stereocenters. The van der Waals surface area contributed by atoms with Gasteiger partial charge in [0.25, 0.3) is 0 Å². The number of aliphatic hydroxyl groups is 1. The first-order valence-corrected chi connectivity index (χ1v) is 7.31. The Morgan fingerprint density at radius 3 is 2.60 bits per heavy atom. The van der Waals surface area contributed by atoms with Gasteiger partial charge in [-0.25, -0.2) is 0 Å². The summed E-state index contributed by atoms with van der Waals surface area (Å²) in [7, 11) is 4.18. The molecule has 1 aromatic carbocycles. The highest BCUT2D eigenvalue weighted by Gasteiger charge is 2.31. The van der Waals surface area contributed by atoms with E-state index in [-0.39, 0.29) is 12.1 Å². The highest BCUT2D eigenvalue weighted by molar-refractivity contribution is 5.36. The van der Waals surface area contributed by atoms with Gasteiger partial charge in [-0.3, -0.25) is 4.90 Å². The standard InChI is InChI=1S/C16H26N2O2/c1-12(2)20-15-8-6-5-7-13(15)16(19)14-11-17(3)9-10-18(14)4/h5-8,12,14,16,19H,9-11H2,1-4H3. The van der Waals surface area contributed by atoms with Crippen molar-refractivity contribution in [3.63, 3.8) is 0 Å². The Labute approximate surface area is 122 Å². The van der Waals surface area contributed by atoms with Gasteiger partial charge in [-0.15, -0.1) is 0 Å². The minimum Gasteiger partial charge on any atom is -0.491 e. The molecule has 0 radical (unpaired) electrons. The van der Waals surface area contributed by atoms with Gasteiger partial charge in [-0.05, 0) is 34.0 Å². The largest absolute Gasteiger partial charge is 0.491 e. The van der Waals surface area contributed by atoms with E-state index in [1.54, 1.807) is 0 Å². The molecule has 1 aliphatic heterocycles. The van der Waals surface area contributed by atoms with Gasteiger partial charge in [-0.2, -0.15) is 0 Å². The SMILES string of the molecule is CC(C)Oc1ccccc1C(O)C1CN(C)CCN1C. The third-order valence-corrected chi connectivity index (χ3v) is 3.86. The molecule has 0 bridgehead atoms. The first-order valence-electron chi connectivity index (χ1n) is 7.31. The first-order chi connectivity index (χ1) is 9.49. The summed E-state index contributed by atoms with van der Waals surface area (Å²) in [5.74, 6) is 0.789. The minimum absolute atomic E-state index is 0.102. The number of hydrogen-bond donors (Lipinski definition) is 1. The van der Waals surface area contributed by atoms with Crippen molar-refractivity contribution in [1.29, 1.82) is 0 Å². The van der Waals surface area contributed by atoms with Crippen LogP contribution in [-0.2, 0) is 0 Å². The highest BCUT2D eigenvalue weighted by Crippen LogP contribution is 2.30. The van der Waals surface area contributed by atoms with Crippen molar-refractivity contribution >= 4 is 0 Å². The Balaban J connectivity index is 2.21. The fraction of sp³-hybridized carbons (Fsp3) is 0.625. The molecule has 4 nitrogen and oxygen atoms in total. The zero-order chi connectivity index (χ0) is 14.7. The maximum atomic E-state index is 10.8. The van der Waals surface area contributed by atoms with Crippen LogP contribution >= 0.6 is 0 Å². The van der Waals surface area contributed by atoms with E-state index in [2.05, 4.69) is 23.9 Å². The topological polar surface area (TPSA) is 35.9 Å². The number of rotatable bonds is 4. The summed E-state index contributed by atoms with van der Waals surface area (Å²) in [6.45, 7) is 6.90. The first kappa shape index (κ1) is 15.3. The molecule has 0 aliphatic carbocycles. The summed E-state index contributed by atoms with van der Waals surface area (Å²) in [5.41, 5.74) is 0.883. The average molecular weight is 278 g/mol. The van der Waals surface area contributed by atoms with E-state index in [1.807, 2.05) is 38.1 Å². The Kier molecular flexibility index (Phi) is 5.02. The number of nitrogens with zero attached hydrogens (tertiary/aromatic N) is 2. The zero-order valence-electron chi connectivity index (χ0n) is 12.9. The third kappa shape index (κ3) is 3.51. The maximum absolute atomic E-state index is 10.8. The van der Waals surface area contributed by atoms with Crippen LogP contribution in [0.1, 0.15) is 25.5 Å². The van der Waals surface area contributed by atoms with Crippen LogP contribution < -0.4 is 4.74 Å². The van der Waals surface area contributed by atoms with Crippen molar-refractivity contribution in [2.24, 2.45) is 0 Å². The van der Waals surface area contributed by atoms with Gasteiger partial charge < -0.3 is 14.7 Å². The third-order valence-electron chi connectivity index (χ3n) is 3.86. The molecule has 1 saturated heterocycles. The van der Waals surface area contributed by atoms with Crippen molar-refractivity contribution in [1.82, 2.24) is 9.80 Å². The molecule has 1 heterocycles. The smallest absolute Gasteiger partial charge is 0.125 e. The number of hydrogen-bond acceptors (Lipinski definition) is 4. The summed E-state index contributed by atoms with van der Waals surface area (Å²) in [6.07, 6.45) is -0.423. The molecule has 2 rings (SSSR count). The molecule has 0 spiro atoms. The lowest BCUT2D eigenvalue weighted by Crippen LogP contribution is -2.52. The van der Waals surface area contributed by atoms with Crippen LogP contribution in [0.25, 0.3) is 0 Å². The van der Waals surface area contributed by atoms with Crippen LogP contribution in [-0.4, -0.2) is 60.8 Å². The lowest BCUT2D eigenvalue weighted by Gasteiger charge is -2.40. The minimum atomic E-state index is -0.530. The van der Waals surface area contributed by atoms with Crippen molar-refractivity contribution in [2.45, 2.75) is 32.1 Å². The molecule has 1 aromatic rings. The van der Waals surface area contributed by atoms with E-state index in [1.165, 1.54) is 0 Å². The molecule has 1 aliphatic rings. The molecule has 0 aromatic heterocycles. The van der Waals surface area contributed by atoms with Crippen LogP contribution in [0.3, 0.4) is 0 Å². The number of likely N-dealkylation sites (N-methyl/N-ethyl adjacent to an activating group) is 2. The Hall–Kier alpha value is -1.10. The molecular weight excluding hydrogens is 252 g/mol. The second-order valence-corrected chi connectivity index (χ2v) is 5.96. The Bertz CT molecular complexity index is 436. The van der Waals surface area contributed by atoms with Crippen molar-refractivity contribution < 1.29 is 9.84 Å². The molecule has 1 N–H and O–H groups in total. The van der Waals surface area contributed by atoms with Crippen LogP contribution in [0.4, 0.5) is 0 Å². The molecule has 0 amide bonds. The average Bonchev–Trinajstić information content (AvgIpc) is 2.41. The highest BCUT2D eigenvalue weighted by atomic mass is 16.5. The molecular formula is C16H26N2O2. The number of ether oxygens (including phenoxy) is 1. The van der Waals surface area contributed by atoms with E-state index in [4.69, 9.17) is 4.74 Å². The number of benzene rings is 1. The predicted molar refractivity (Wildman–Crippen MR) is 81.1 cm³/mol. The van der Waals surface area contributed by atoms with Crippen molar-refractivity contribution in [3.05, 3.63) is 29.8 Å². The van der Waals surface area contributed by atoms with Crippen LogP contribution in [0.2, 0.25) is 0 Å². The van der Waals surface area contributed by atoms with Gasteiger partial charge >= 0.3 is 0 Å². The summed E-state index contributed by atoms with van der Waals surface area (Å²) in [4.78, 5) is 4.50.